The Morgan fingerprint density at radius 3 is 2.40 bits per heavy atom. The van der Waals surface area contributed by atoms with Crippen molar-refractivity contribution in [3.63, 3.8) is 0 Å². The van der Waals surface area contributed by atoms with Gasteiger partial charge in [-0.25, -0.2) is 9.97 Å². The molecular weight excluding hydrogens is 289 g/mol. The monoisotopic (exact) mass is 298 g/mol. The van der Waals surface area contributed by atoms with Gasteiger partial charge in [0.15, 0.2) is 0 Å². The highest BCUT2D eigenvalue weighted by Crippen LogP contribution is 2.60. The van der Waals surface area contributed by atoms with Crippen LogP contribution < -0.4 is 0 Å². The molecule has 1 aromatic carbocycles. The van der Waals surface area contributed by atoms with Crippen molar-refractivity contribution in [2.75, 3.05) is 0 Å². The molecule has 0 aliphatic heterocycles. The Kier molecular flexibility index (Phi) is 2.97. The average Bonchev–Trinajstić information content (AvgIpc) is 3.20. The van der Waals surface area contributed by atoms with E-state index >= 15 is 0 Å². The number of rotatable bonds is 2. The molecule has 0 radical (unpaired) electrons. The molecule has 0 N–H and O–H groups in total. The second-order valence-corrected chi connectivity index (χ2v) is 5.28. The van der Waals surface area contributed by atoms with Crippen molar-refractivity contribution in [2.45, 2.75) is 24.4 Å². The van der Waals surface area contributed by atoms with Gasteiger partial charge in [-0.1, -0.05) is 23.7 Å². The van der Waals surface area contributed by atoms with Crippen LogP contribution in [0.2, 0.25) is 5.02 Å². The van der Waals surface area contributed by atoms with E-state index in [0.717, 1.165) is 0 Å². The molecule has 2 aromatic rings. The third-order valence-electron chi connectivity index (χ3n) is 3.66. The van der Waals surface area contributed by atoms with Crippen LogP contribution in [0, 0.1) is 0 Å². The van der Waals surface area contributed by atoms with Crippen LogP contribution >= 0.6 is 11.6 Å². The predicted octanol–water partition coefficient (Wildman–Crippen LogP) is 4.39. The Morgan fingerprint density at radius 1 is 1.15 bits per heavy atom. The number of halogens is 4. The highest BCUT2D eigenvalue weighted by molar-refractivity contribution is 6.31. The number of hydrogen-bond acceptors (Lipinski definition) is 2. The van der Waals surface area contributed by atoms with Gasteiger partial charge in [0, 0.05) is 16.8 Å². The molecule has 0 amide bonds. The molecule has 2 nitrogen and oxygen atoms in total. The van der Waals surface area contributed by atoms with E-state index < -0.39 is 11.6 Å². The fraction of sp³-hybridized carbons (Fsp3) is 0.286. The van der Waals surface area contributed by atoms with Crippen molar-refractivity contribution in [1.82, 2.24) is 9.97 Å². The summed E-state index contributed by atoms with van der Waals surface area (Å²) >= 11 is 6.07. The molecule has 0 unspecified atom stereocenters. The molecule has 1 fully saturated rings. The highest BCUT2D eigenvalue weighted by atomic mass is 35.5. The van der Waals surface area contributed by atoms with Crippen LogP contribution in [-0.2, 0) is 5.41 Å². The van der Waals surface area contributed by atoms with Crippen LogP contribution in [0.15, 0.2) is 36.8 Å². The summed E-state index contributed by atoms with van der Waals surface area (Å²) in [6.45, 7) is 0. The Morgan fingerprint density at radius 2 is 1.90 bits per heavy atom. The first kappa shape index (κ1) is 13.4. The lowest BCUT2D eigenvalue weighted by Crippen LogP contribution is -2.28. The summed E-state index contributed by atoms with van der Waals surface area (Å²) in [5, 5.41) is 0.135. The van der Waals surface area contributed by atoms with E-state index in [2.05, 4.69) is 9.97 Å². The van der Waals surface area contributed by atoms with Crippen LogP contribution in [0.3, 0.4) is 0 Å². The fourth-order valence-corrected chi connectivity index (χ4v) is 2.72. The molecule has 0 saturated heterocycles. The van der Waals surface area contributed by atoms with Crippen LogP contribution in [-0.4, -0.2) is 16.1 Å². The minimum atomic E-state index is -4.26. The number of nitrogens with zero attached hydrogens (tertiary/aromatic N) is 2. The van der Waals surface area contributed by atoms with E-state index in [1.807, 2.05) is 0 Å². The summed E-state index contributed by atoms with van der Waals surface area (Å²) in [6, 6.07) is 6.29. The molecule has 0 atom stereocenters. The van der Waals surface area contributed by atoms with Gasteiger partial charge < -0.3 is 0 Å². The molecule has 0 spiro atoms. The van der Waals surface area contributed by atoms with Crippen LogP contribution in [0.1, 0.15) is 18.4 Å². The van der Waals surface area contributed by atoms with Gasteiger partial charge in [0.25, 0.3) is 0 Å². The predicted molar refractivity (Wildman–Crippen MR) is 69.4 cm³/mol. The van der Waals surface area contributed by atoms with Crippen LogP contribution in [0.5, 0.6) is 0 Å². The van der Waals surface area contributed by atoms with Crippen molar-refractivity contribution in [2.24, 2.45) is 0 Å². The zero-order valence-corrected chi connectivity index (χ0v) is 11.0. The maximum Gasteiger partial charge on any atom is 0.398 e. The van der Waals surface area contributed by atoms with E-state index in [9.17, 15) is 13.2 Å². The standard InChI is InChI=1S/C14H10ClF3N2/c15-11-7-9(12-3-6-19-8-20-12)1-2-10(11)13(4-5-13)14(16,17)18/h1-3,6-8H,4-5H2. The van der Waals surface area contributed by atoms with E-state index in [4.69, 9.17) is 11.6 Å². The van der Waals surface area contributed by atoms with Crippen molar-refractivity contribution in [3.8, 4) is 11.3 Å². The number of alkyl halides is 3. The largest absolute Gasteiger partial charge is 0.398 e. The summed E-state index contributed by atoms with van der Waals surface area (Å²) < 4.78 is 39.3. The summed E-state index contributed by atoms with van der Waals surface area (Å²) in [5.74, 6) is 0. The van der Waals surface area contributed by atoms with Crippen LogP contribution in [0.25, 0.3) is 11.3 Å². The number of benzene rings is 1. The molecule has 1 heterocycles. The fourth-order valence-electron chi connectivity index (χ4n) is 2.35. The quantitative estimate of drug-likeness (QED) is 0.821. The zero-order chi connectivity index (χ0) is 14.4. The maximum atomic E-state index is 13.1. The van der Waals surface area contributed by atoms with Gasteiger partial charge in [-0.05, 0) is 30.5 Å². The molecule has 1 aromatic heterocycles. The van der Waals surface area contributed by atoms with E-state index in [-0.39, 0.29) is 23.4 Å². The third-order valence-corrected chi connectivity index (χ3v) is 3.97. The molecule has 1 aliphatic rings. The molecule has 3 rings (SSSR count). The first-order valence-corrected chi connectivity index (χ1v) is 6.45. The van der Waals surface area contributed by atoms with Gasteiger partial charge in [-0.2, -0.15) is 13.2 Å². The average molecular weight is 299 g/mol. The van der Waals surface area contributed by atoms with Crippen LogP contribution in [0.4, 0.5) is 13.2 Å². The number of aromatic nitrogens is 2. The topological polar surface area (TPSA) is 25.8 Å². The Hall–Kier alpha value is -1.62. The Bertz CT molecular complexity index is 637. The Balaban J connectivity index is 2.02. The summed E-state index contributed by atoms with van der Waals surface area (Å²) in [6.07, 6.45) is -1.10. The van der Waals surface area contributed by atoms with Crippen molar-refractivity contribution in [1.29, 1.82) is 0 Å². The summed E-state index contributed by atoms with van der Waals surface area (Å²) in [7, 11) is 0. The van der Waals surface area contributed by atoms with Gasteiger partial charge >= 0.3 is 6.18 Å². The van der Waals surface area contributed by atoms with Gasteiger partial charge in [0.2, 0.25) is 0 Å². The molecule has 1 saturated carbocycles. The third kappa shape index (κ3) is 2.06. The zero-order valence-electron chi connectivity index (χ0n) is 10.3. The van der Waals surface area contributed by atoms with Crippen molar-refractivity contribution < 1.29 is 13.2 Å². The van der Waals surface area contributed by atoms with Crippen molar-refractivity contribution in [3.05, 3.63) is 47.4 Å². The lowest BCUT2D eigenvalue weighted by molar-refractivity contribution is -0.160. The van der Waals surface area contributed by atoms with Gasteiger partial charge in [-0.15, -0.1) is 0 Å². The smallest absolute Gasteiger partial charge is 0.245 e. The molecule has 1 aliphatic carbocycles. The summed E-state index contributed by atoms with van der Waals surface area (Å²) in [4.78, 5) is 7.85. The van der Waals surface area contributed by atoms with Gasteiger partial charge in [0.05, 0.1) is 11.1 Å². The minimum Gasteiger partial charge on any atom is -0.245 e. The first-order chi connectivity index (χ1) is 9.44. The van der Waals surface area contributed by atoms with E-state index in [1.165, 1.54) is 18.5 Å². The maximum absolute atomic E-state index is 13.1. The molecule has 6 heteroatoms. The van der Waals surface area contributed by atoms with Gasteiger partial charge in [-0.3, -0.25) is 0 Å². The van der Waals surface area contributed by atoms with E-state index in [1.54, 1.807) is 18.3 Å². The molecule has 104 valence electrons. The molecule has 0 bridgehead atoms. The normalized spacial score (nSPS) is 17.0. The Labute approximate surface area is 118 Å². The summed E-state index contributed by atoms with van der Waals surface area (Å²) in [5.41, 5.74) is -0.289. The van der Waals surface area contributed by atoms with Crippen molar-refractivity contribution >= 4 is 11.6 Å². The second-order valence-electron chi connectivity index (χ2n) is 4.87. The first-order valence-electron chi connectivity index (χ1n) is 6.07. The number of hydrogen-bond donors (Lipinski definition) is 0. The second kappa shape index (κ2) is 4.45. The lowest BCUT2D eigenvalue weighted by atomic mass is 9.94. The molecule has 20 heavy (non-hydrogen) atoms. The van der Waals surface area contributed by atoms with Gasteiger partial charge in [0.1, 0.15) is 6.33 Å². The SMILES string of the molecule is FC(F)(F)C1(c2ccc(-c3ccncn3)cc2Cl)CC1. The lowest BCUT2D eigenvalue weighted by Gasteiger charge is -2.21. The van der Waals surface area contributed by atoms with E-state index in [0.29, 0.717) is 11.3 Å². The highest BCUT2D eigenvalue weighted by Gasteiger charge is 2.64. The minimum absolute atomic E-state index is 0.100. The molecular formula is C14H10ClF3N2.